The van der Waals surface area contributed by atoms with E-state index < -0.39 is 48.2 Å². The Morgan fingerprint density at radius 3 is 2.28 bits per heavy atom. The van der Waals surface area contributed by atoms with E-state index in [1.165, 1.54) is 7.05 Å². The van der Waals surface area contributed by atoms with Crippen LogP contribution in [-0.4, -0.2) is 72.3 Å². The lowest BCUT2D eigenvalue weighted by atomic mass is 10.0. The fourth-order valence-electron chi connectivity index (χ4n) is 2.81. The molecule has 1 aromatic rings. The fraction of sp³-hybridized carbons (Fsp3) is 0.545. The van der Waals surface area contributed by atoms with Crippen LogP contribution in [0.4, 0.5) is 4.79 Å². The van der Waals surface area contributed by atoms with Crippen molar-refractivity contribution in [1.82, 2.24) is 15.5 Å². The third kappa shape index (κ3) is 8.93. The lowest BCUT2D eigenvalue weighted by molar-refractivity contribution is -0.144. The highest BCUT2D eigenvalue weighted by Gasteiger charge is 2.33. The van der Waals surface area contributed by atoms with Gasteiger partial charge in [-0.25, -0.2) is 4.79 Å². The van der Waals surface area contributed by atoms with Crippen molar-refractivity contribution in [2.75, 3.05) is 26.8 Å². The molecule has 2 unspecified atom stereocenters. The number of nitrogens with zero attached hydrogens (tertiary/aromatic N) is 1. The molecule has 0 aliphatic heterocycles. The lowest BCUT2D eigenvalue weighted by Gasteiger charge is -2.31. The van der Waals surface area contributed by atoms with E-state index in [9.17, 15) is 24.3 Å². The van der Waals surface area contributed by atoms with Crippen LogP contribution in [0.1, 0.15) is 45.7 Å². The van der Waals surface area contributed by atoms with Gasteiger partial charge in [0.15, 0.2) is 0 Å². The number of nitrogens with one attached hydrogen (secondary N) is 2. The van der Waals surface area contributed by atoms with Gasteiger partial charge in [-0.15, -0.1) is 0 Å². The third-order valence-corrected chi connectivity index (χ3v) is 4.20. The van der Waals surface area contributed by atoms with E-state index in [0.717, 1.165) is 4.90 Å². The second-order valence-corrected chi connectivity index (χ2v) is 7.99. The summed E-state index contributed by atoms with van der Waals surface area (Å²) in [5.74, 6) is -1.66. The van der Waals surface area contributed by atoms with Crippen molar-refractivity contribution in [3.63, 3.8) is 0 Å². The van der Waals surface area contributed by atoms with Crippen LogP contribution in [0.5, 0.6) is 0 Å². The van der Waals surface area contributed by atoms with Gasteiger partial charge < -0.3 is 30.1 Å². The van der Waals surface area contributed by atoms with Gasteiger partial charge in [-0.2, -0.15) is 0 Å². The largest absolute Gasteiger partial charge is 0.466 e. The number of benzene rings is 1. The van der Waals surface area contributed by atoms with Crippen molar-refractivity contribution in [2.45, 2.75) is 51.8 Å². The number of aliphatic hydroxyl groups excluding tert-OH is 1. The van der Waals surface area contributed by atoms with Crippen molar-refractivity contribution < 1.29 is 33.8 Å². The van der Waals surface area contributed by atoms with Crippen LogP contribution in [0.25, 0.3) is 0 Å². The van der Waals surface area contributed by atoms with Crippen molar-refractivity contribution >= 4 is 23.9 Å². The van der Waals surface area contributed by atoms with Crippen LogP contribution < -0.4 is 10.6 Å². The summed E-state index contributed by atoms with van der Waals surface area (Å²) in [5.41, 5.74) is -0.268. The highest BCUT2D eigenvalue weighted by molar-refractivity contribution is 5.92. The number of esters is 1. The molecule has 0 saturated heterocycles. The number of hydrogen-bond acceptors (Lipinski definition) is 7. The summed E-state index contributed by atoms with van der Waals surface area (Å²) in [6.45, 7) is 6.27. The molecule has 0 bridgehead atoms. The summed E-state index contributed by atoms with van der Waals surface area (Å²) >= 11 is 0. The second-order valence-electron chi connectivity index (χ2n) is 7.99. The van der Waals surface area contributed by atoms with E-state index in [2.05, 4.69) is 10.6 Å². The summed E-state index contributed by atoms with van der Waals surface area (Å²) in [7, 11) is 1.39. The van der Waals surface area contributed by atoms with E-state index in [4.69, 9.17) is 9.47 Å². The van der Waals surface area contributed by atoms with Crippen LogP contribution in [0, 0.1) is 0 Å². The molecule has 0 aliphatic rings. The molecule has 3 N–H and O–H groups in total. The summed E-state index contributed by atoms with van der Waals surface area (Å²) in [6, 6.07) is 6.18. The monoisotopic (exact) mass is 451 g/mol. The molecular weight excluding hydrogens is 418 g/mol. The van der Waals surface area contributed by atoms with Gasteiger partial charge in [-0.1, -0.05) is 30.3 Å². The Labute approximate surface area is 188 Å². The van der Waals surface area contributed by atoms with Crippen LogP contribution in [0.2, 0.25) is 0 Å². The minimum Gasteiger partial charge on any atom is -0.466 e. The number of hydrogen-bond donors (Lipinski definition) is 3. The fourth-order valence-corrected chi connectivity index (χ4v) is 2.81. The van der Waals surface area contributed by atoms with Crippen molar-refractivity contribution in [1.29, 1.82) is 0 Å². The summed E-state index contributed by atoms with van der Waals surface area (Å²) in [5, 5.41) is 14.6. The van der Waals surface area contributed by atoms with Gasteiger partial charge in [-0.05, 0) is 33.3 Å². The molecule has 3 amide bonds. The molecule has 0 aromatic heterocycles. The number of amides is 3. The average molecular weight is 452 g/mol. The molecule has 10 nitrogen and oxygen atoms in total. The maximum Gasteiger partial charge on any atom is 0.408 e. The van der Waals surface area contributed by atoms with Crippen molar-refractivity contribution in [2.24, 2.45) is 0 Å². The Morgan fingerprint density at radius 2 is 1.75 bits per heavy atom. The molecule has 1 aromatic carbocycles. The maximum atomic E-state index is 13.0. The number of alkyl carbamates (subject to hydrolysis) is 1. The molecule has 0 aliphatic carbocycles. The first-order chi connectivity index (χ1) is 15.0. The predicted molar refractivity (Wildman–Crippen MR) is 116 cm³/mol. The Balaban J connectivity index is 2.97. The van der Waals surface area contributed by atoms with Gasteiger partial charge in [0.25, 0.3) is 0 Å². The number of carbonyl (C=O) groups excluding carboxylic acids is 4. The maximum absolute atomic E-state index is 13.0. The molecular formula is C22H33N3O7. The first-order valence-electron chi connectivity index (χ1n) is 10.4. The highest BCUT2D eigenvalue weighted by atomic mass is 16.6. The van der Waals surface area contributed by atoms with Crippen LogP contribution in [0.3, 0.4) is 0 Å². The zero-order chi connectivity index (χ0) is 24.3. The molecule has 0 radical (unpaired) electrons. The van der Waals surface area contributed by atoms with Crippen molar-refractivity contribution in [3.8, 4) is 0 Å². The van der Waals surface area contributed by atoms with Crippen molar-refractivity contribution in [3.05, 3.63) is 35.9 Å². The van der Waals surface area contributed by atoms with Crippen LogP contribution in [-0.2, 0) is 23.9 Å². The predicted octanol–water partition coefficient (Wildman–Crippen LogP) is 1.14. The van der Waals surface area contributed by atoms with Gasteiger partial charge in [0, 0.05) is 13.6 Å². The summed E-state index contributed by atoms with van der Waals surface area (Å²) in [4.78, 5) is 50.6. The minimum absolute atomic E-state index is 0.0157. The van der Waals surface area contributed by atoms with Gasteiger partial charge in [0.2, 0.25) is 11.8 Å². The van der Waals surface area contributed by atoms with Gasteiger partial charge >= 0.3 is 12.1 Å². The number of likely N-dealkylation sites (N-methyl/N-ethyl adjacent to an activating group) is 1. The molecule has 0 heterocycles. The molecule has 0 spiro atoms. The SMILES string of the molecule is CCOC(=O)CCNC(=O)C(c1ccccc1)N(C)C(=O)C(CO)NC(=O)OC(C)(C)C. The molecule has 2 atom stereocenters. The lowest BCUT2D eigenvalue weighted by Crippen LogP contribution is -2.53. The number of carbonyl (C=O) groups is 4. The molecule has 1 rings (SSSR count). The van der Waals surface area contributed by atoms with Gasteiger partial charge in [-0.3, -0.25) is 14.4 Å². The Hall–Kier alpha value is -3.14. The zero-order valence-corrected chi connectivity index (χ0v) is 19.2. The smallest absolute Gasteiger partial charge is 0.408 e. The summed E-state index contributed by atoms with van der Waals surface area (Å²) in [6.07, 6.45) is -0.883. The molecule has 10 heteroatoms. The molecule has 32 heavy (non-hydrogen) atoms. The number of ether oxygens (including phenoxy) is 2. The molecule has 0 saturated carbocycles. The van der Waals surface area contributed by atoms with Gasteiger partial charge in [0.05, 0.1) is 19.6 Å². The third-order valence-electron chi connectivity index (χ3n) is 4.20. The Morgan fingerprint density at radius 1 is 1.12 bits per heavy atom. The van der Waals surface area contributed by atoms with E-state index in [1.54, 1.807) is 58.0 Å². The average Bonchev–Trinajstić information content (AvgIpc) is 2.71. The normalized spacial score (nSPS) is 12.8. The van der Waals surface area contributed by atoms with Gasteiger partial charge in [0.1, 0.15) is 17.7 Å². The van der Waals surface area contributed by atoms with E-state index in [0.29, 0.717) is 5.56 Å². The highest BCUT2D eigenvalue weighted by Crippen LogP contribution is 2.20. The molecule has 178 valence electrons. The first kappa shape index (κ1) is 26.9. The number of aliphatic hydroxyl groups is 1. The Kier molecular flexibility index (Phi) is 10.6. The van der Waals surface area contributed by atoms with E-state index in [-0.39, 0.29) is 19.6 Å². The second kappa shape index (κ2) is 12.7. The van der Waals surface area contributed by atoms with Crippen LogP contribution in [0.15, 0.2) is 30.3 Å². The van der Waals surface area contributed by atoms with Crippen LogP contribution >= 0.6 is 0 Å². The summed E-state index contributed by atoms with van der Waals surface area (Å²) < 4.78 is 9.97. The first-order valence-corrected chi connectivity index (χ1v) is 10.4. The zero-order valence-electron chi connectivity index (χ0n) is 19.2. The topological polar surface area (TPSA) is 134 Å². The Bertz CT molecular complexity index is 777. The molecule has 0 fully saturated rings. The van der Waals surface area contributed by atoms with E-state index >= 15 is 0 Å². The minimum atomic E-state index is -1.31. The van der Waals surface area contributed by atoms with E-state index in [1.807, 2.05) is 0 Å². The standard InChI is InChI=1S/C22H33N3O7/c1-6-31-17(27)12-13-23-19(28)18(15-10-8-7-9-11-15)25(5)20(29)16(14-26)24-21(30)32-22(2,3)4/h7-11,16,18,26H,6,12-14H2,1-5H3,(H,23,28)(H,24,30). The number of rotatable bonds is 10. The quantitative estimate of drug-likeness (QED) is 0.454.